The number of nitrogens with two attached hydrogens (primary N) is 1. The number of likely N-dealkylation sites (tertiary alicyclic amines) is 1. The number of anilines is 1. The number of benzene rings is 1. The third-order valence-electron chi connectivity index (χ3n) is 5.71. The van der Waals surface area contributed by atoms with Crippen LogP contribution in [0.3, 0.4) is 0 Å². The summed E-state index contributed by atoms with van der Waals surface area (Å²) < 4.78 is 8.64. The fourth-order valence-electron chi connectivity index (χ4n) is 4.17. The van der Waals surface area contributed by atoms with Crippen molar-refractivity contribution in [3.63, 3.8) is 0 Å². The maximum atomic E-state index is 13.6. The summed E-state index contributed by atoms with van der Waals surface area (Å²) in [6.45, 7) is 6.85. The number of aromatic nitrogens is 4. The van der Waals surface area contributed by atoms with Gasteiger partial charge in [0.15, 0.2) is 11.5 Å². The molecule has 3 aromatic rings. The zero-order chi connectivity index (χ0) is 21.4. The van der Waals surface area contributed by atoms with Gasteiger partial charge in [0.2, 0.25) is 0 Å². The van der Waals surface area contributed by atoms with Crippen LogP contribution in [0.15, 0.2) is 42.0 Å². The number of hydrogen-bond acceptors (Lipinski definition) is 7. The Morgan fingerprint density at radius 2 is 2.20 bits per heavy atom. The summed E-state index contributed by atoms with van der Waals surface area (Å²) in [5.41, 5.74) is 8.48. The molecule has 0 aliphatic carbocycles. The van der Waals surface area contributed by atoms with Crippen LogP contribution in [0, 0.1) is 6.92 Å². The van der Waals surface area contributed by atoms with Gasteiger partial charge in [-0.3, -0.25) is 14.0 Å². The Hall–Kier alpha value is -3.17. The van der Waals surface area contributed by atoms with Crippen molar-refractivity contribution in [3.8, 4) is 11.4 Å². The standard InChI is InChI=1S/C21H26N6O3/c1-4-17(28)25-9-5-6-15(11-25)27-20-18(19(22)23-12-24-20)26(21(27)29)14-8-7-13(2)16(10-14)30-3/h4,7-8,10,12,15,17,28H,1,5-6,9,11H2,2-3H3,(H2,22,23,24). The molecule has 0 amide bonds. The molecule has 0 bridgehead atoms. The van der Waals surface area contributed by atoms with Crippen LogP contribution in [0.1, 0.15) is 24.4 Å². The second-order valence-electron chi connectivity index (χ2n) is 7.51. The number of fused-ring (bicyclic) bond motifs is 1. The minimum Gasteiger partial charge on any atom is -0.496 e. The lowest BCUT2D eigenvalue weighted by molar-refractivity contribution is 0.0138. The Morgan fingerprint density at radius 1 is 1.40 bits per heavy atom. The van der Waals surface area contributed by atoms with Crippen LogP contribution in [0.5, 0.6) is 5.75 Å². The van der Waals surface area contributed by atoms with Gasteiger partial charge in [-0.15, -0.1) is 0 Å². The predicted molar refractivity (Wildman–Crippen MR) is 115 cm³/mol. The molecule has 9 heteroatoms. The number of ether oxygens (including phenoxy) is 1. The largest absolute Gasteiger partial charge is 0.496 e. The molecule has 0 spiro atoms. The predicted octanol–water partition coefficient (Wildman–Crippen LogP) is 1.62. The highest BCUT2D eigenvalue weighted by molar-refractivity contribution is 5.84. The van der Waals surface area contributed by atoms with Crippen molar-refractivity contribution in [3.05, 3.63) is 53.2 Å². The maximum absolute atomic E-state index is 13.6. The minimum atomic E-state index is -0.752. The van der Waals surface area contributed by atoms with Crippen LogP contribution in [0.4, 0.5) is 5.82 Å². The van der Waals surface area contributed by atoms with Crippen LogP contribution in [0.2, 0.25) is 0 Å². The molecule has 0 radical (unpaired) electrons. The van der Waals surface area contributed by atoms with Crippen molar-refractivity contribution in [1.82, 2.24) is 24.0 Å². The molecule has 4 rings (SSSR count). The summed E-state index contributed by atoms with van der Waals surface area (Å²) in [4.78, 5) is 24.0. The summed E-state index contributed by atoms with van der Waals surface area (Å²) in [5, 5.41) is 10.2. The van der Waals surface area contributed by atoms with Crippen molar-refractivity contribution in [1.29, 1.82) is 0 Å². The molecule has 9 nitrogen and oxygen atoms in total. The van der Waals surface area contributed by atoms with Crippen LogP contribution in [-0.2, 0) is 0 Å². The summed E-state index contributed by atoms with van der Waals surface area (Å²) in [5.74, 6) is 0.905. The van der Waals surface area contributed by atoms with E-state index in [0.717, 1.165) is 24.9 Å². The Balaban J connectivity index is 1.91. The molecule has 2 atom stereocenters. The van der Waals surface area contributed by atoms with E-state index in [1.54, 1.807) is 11.7 Å². The summed E-state index contributed by atoms with van der Waals surface area (Å²) >= 11 is 0. The van der Waals surface area contributed by atoms with Gasteiger partial charge in [0.1, 0.15) is 23.8 Å². The molecule has 0 saturated carbocycles. The number of nitrogen functional groups attached to an aromatic ring is 1. The molecule has 2 unspecified atom stereocenters. The van der Waals surface area contributed by atoms with E-state index < -0.39 is 6.23 Å². The first-order chi connectivity index (χ1) is 14.5. The van der Waals surface area contributed by atoms with Gasteiger partial charge >= 0.3 is 5.69 Å². The lowest BCUT2D eigenvalue weighted by Crippen LogP contribution is -2.44. The Bertz CT molecular complexity index is 1150. The van der Waals surface area contributed by atoms with Crippen molar-refractivity contribution < 1.29 is 9.84 Å². The van der Waals surface area contributed by atoms with Crippen LogP contribution < -0.4 is 16.2 Å². The number of aliphatic hydroxyl groups excluding tert-OH is 1. The molecule has 1 saturated heterocycles. The molecule has 1 aromatic carbocycles. The van der Waals surface area contributed by atoms with Crippen molar-refractivity contribution in [2.45, 2.75) is 32.0 Å². The van der Waals surface area contributed by atoms with Crippen LogP contribution in [0.25, 0.3) is 16.9 Å². The van der Waals surface area contributed by atoms with Gasteiger partial charge in [0.25, 0.3) is 0 Å². The van der Waals surface area contributed by atoms with E-state index in [1.807, 2.05) is 30.0 Å². The number of nitrogens with zero attached hydrogens (tertiary/aromatic N) is 5. The Kier molecular flexibility index (Phi) is 5.31. The lowest BCUT2D eigenvalue weighted by Gasteiger charge is -2.34. The molecule has 30 heavy (non-hydrogen) atoms. The molecule has 1 aliphatic heterocycles. The number of piperidine rings is 1. The van der Waals surface area contributed by atoms with Gasteiger partial charge in [-0.1, -0.05) is 12.6 Å². The number of aliphatic hydroxyl groups is 1. The number of hydrogen-bond donors (Lipinski definition) is 2. The highest BCUT2D eigenvalue weighted by Gasteiger charge is 2.29. The fourth-order valence-corrected chi connectivity index (χ4v) is 4.17. The molecular weight excluding hydrogens is 384 g/mol. The van der Waals surface area contributed by atoms with Crippen molar-refractivity contribution >= 4 is 17.0 Å². The average molecular weight is 410 g/mol. The van der Waals surface area contributed by atoms with Gasteiger partial charge in [-0.25, -0.2) is 14.8 Å². The molecule has 3 N–H and O–H groups in total. The highest BCUT2D eigenvalue weighted by atomic mass is 16.5. The smallest absolute Gasteiger partial charge is 0.335 e. The van der Waals surface area contributed by atoms with Gasteiger partial charge < -0.3 is 15.6 Å². The topological polar surface area (TPSA) is 111 Å². The van der Waals surface area contributed by atoms with E-state index >= 15 is 0 Å². The van der Waals surface area contributed by atoms with Crippen molar-refractivity contribution in [2.75, 3.05) is 25.9 Å². The van der Waals surface area contributed by atoms with E-state index in [1.165, 1.54) is 17.0 Å². The summed E-state index contributed by atoms with van der Waals surface area (Å²) in [7, 11) is 1.59. The zero-order valence-corrected chi connectivity index (χ0v) is 17.2. The number of imidazole rings is 1. The maximum Gasteiger partial charge on any atom is 0.335 e. The molecule has 1 aliphatic rings. The lowest BCUT2D eigenvalue weighted by atomic mass is 10.1. The van der Waals surface area contributed by atoms with Crippen LogP contribution >= 0.6 is 0 Å². The molecule has 1 fully saturated rings. The second-order valence-corrected chi connectivity index (χ2v) is 7.51. The molecule has 158 valence electrons. The first-order valence-corrected chi connectivity index (χ1v) is 9.89. The van der Waals surface area contributed by atoms with Gasteiger partial charge in [0, 0.05) is 19.2 Å². The van der Waals surface area contributed by atoms with E-state index in [-0.39, 0.29) is 17.5 Å². The average Bonchev–Trinajstić information content (AvgIpc) is 3.06. The molecule has 2 aromatic heterocycles. The van der Waals surface area contributed by atoms with Crippen molar-refractivity contribution in [2.24, 2.45) is 0 Å². The molecular formula is C21H26N6O3. The monoisotopic (exact) mass is 410 g/mol. The Labute approximate surface area is 174 Å². The van der Waals surface area contributed by atoms with Crippen LogP contribution in [-0.4, -0.2) is 55.5 Å². The third kappa shape index (κ3) is 3.25. The number of methoxy groups -OCH3 is 1. The van der Waals surface area contributed by atoms with Gasteiger partial charge in [-0.2, -0.15) is 0 Å². The SMILES string of the molecule is C=CC(O)N1CCCC(n2c(=O)n(-c3ccc(C)c(OC)c3)c3c(N)ncnc32)C1. The summed E-state index contributed by atoms with van der Waals surface area (Å²) in [6, 6.07) is 5.39. The minimum absolute atomic E-state index is 0.161. The normalized spacial score (nSPS) is 18.4. The number of rotatable bonds is 5. The Morgan fingerprint density at radius 3 is 2.93 bits per heavy atom. The van der Waals surface area contributed by atoms with E-state index in [4.69, 9.17) is 10.5 Å². The van der Waals surface area contributed by atoms with Gasteiger partial charge in [-0.05, 0) is 37.5 Å². The van der Waals surface area contributed by atoms with E-state index in [2.05, 4.69) is 16.5 Å². The molecule has 3 heterocycles. The fraction of sp³-hybridized carbons (Fsp3) is 0.381. The van der Waals surface area contributed by atoms with E-state index in [9.17, 15) is 9.90 Å². The van der Waals surface area contributed by atoms with Gasteiger partial charge in [0.05, 0.1) is 18.8 Å². The van der Waals surface area contributed by atoms with E-state index in [0.29, 0.717) is 29.1 Å². The third-order valence-corrected chi connectivity index (χ3v) is 5.71. The zero-order valence-electron chi connectivity index (χ0n) is 17.2. The second kappa shape index (κ2) is 7.92. The summed E-state index contributed by atoms with van der Waals surface area (Å²) in [6.07, 6.45) is 3.74. The quantitative estimate of drug-likeness (QED) is 0.615. The first kappa shape index (κ1) is 20.1. The highest BCUT2D eigenvalue weighted by Crippen LogP contribution is 2.29. The number of aryl methyl sites for hydroxylation is 1. The first-order valence-electron chi connectivity index (χ1n) is 9.89.